The highest BCUT2D eigenvalue weighted by atomic mass is 16.4. The predicted molar refractivity (Wildman–Crippen MR) is 105 cm³/mol. The molecule has 1 aliphatic rings. The number of carbonyl (C=O) groups is 1. The number of para-hydroxylation sites is 1. The molecule has 2 aromatic carbocycles. The minimum Gasteiger partial charge on any atom is -0.408 e. The van der Waals surface area contributed by atoms with E-state index in [2.05, 4.69) is 34.1 Å². The number of benzene rings is 2. The van der Waals surface area contributed by atoms with Crippen LogP contribution in [0.5, 0.6) is 0 Å². The number of carbonyl (C=O) groups excluding carboxylic acids is 1. The number of anilines is 1. The standard InChI is InChI=1S/C21H23N3O3/c1-22-18-8-7-16(15-20(18)27-21(22)26)19(25)9-10-23-11-13-24(14-12-23)17-5-3-2-4-6-17/h2-8,15H,9-14H2,1H3. The molecule has 0 atom stereocenters. The van der Waals surface area contributed by atoms with Crippen LogP contribution < -0.4 is 10.7 Å². The largest absolute Gasteiger partial charge is 0.419 e. The quantitative estimate of drug-likeness (QED) is 0.651. The second-order valence-electron chi connectivity index (χ2n) is 6.95. The smallest absolute Gasteiger partial charge is 0.408 e. The Labute approximate surface area is 157 Å². The average Bonchev–Trinajstić information content (AvgIpc) is 3.00. The number of fused-ring (bicyclic) bond motifs is 1. The first kappa shape index (κ1) is 17.5. The first-order chi connectivity index (χ1) is 13.1. The summed E-state index contributed by atoms with van der Waals surface area (Å²) in [5, 5.41) is 0. The maximum atomic E-state index is 12.5. The fraction of sp³-hybridized carbons (Fsp3) is 0.333. The summed E-state index contributed by atoms with van der Waals surface area (Å²) >= 11 is 0. The zero-order chi connectivity index (χ0) is 18.8. The molecule has 6 nitrogen and oxygen atoms in total. The molecule has 0 bridgehead atoms. The van der Waals surface area contributed by atoms with Crippen LogP contribution >= 0.6 is 0 Å². The third kappa shape index (κ3) is 3.66. The summed E-state index contributed by atoms with van der Waals surface area (Å²) in [6.07, 6.45) is 0.466. The number of aryl methyl sites for hydroxylation is 1. The van der Waals surface area contributed by atoms with Crippen LogP contribution in [0.3, 0.4) is 0 Å². The van der Waals surface area contributed by atoms with Gasteiger partial charge in [-0.2, -0.15) is 0 Å². The van der Waals surface area contributed by atoms with Gasteiger partial charge in [-0.1, -0.05) is 18.2 Å². The fourth-order valence-electron chi connectivity index (χ4n) is 3.58. The predicted octanol–water partition coefficient (Wildman–Crippen LogP) is 2.53. The Bertz CT molecular complexity index is 998. The SMILES string of the molecule is Cn1c(=O)oc2cc(C(=O)CCN3CCN(c4ccccc4)CC3)ccc21. The number of nitrogens with zero attached hydrogens (tertiary/aromatic N) is 3. The van der Waals surface area contributed by atoms with Crippen LogP contribution in [0.1, 0.15) is 16.8 Å². The van der Waals surface area contributed by atoms with Crippen molar-refractivity contribution in [2.45, 2.75) is 6.42 Å². The number of oxazole rings is 1. The molecular weight excluding hydrogens is 342 g/mol. The van der Waals surface area contributed by atoms with Crippen molar-refractivity contribution < 1.29 is 9.21 Å². The molecule has 0 aliphatic carbocycles. The topological polar surface area (TPSA) is 58.7 Å². The Balaban J connectivity index is 1.33. The highest BCUT2D eigenvalue weighted by Crippen LogP contribution is 2.17. The lowest BCUT2D eigenvalue weighted by atomic mass is 10.1. The molecular formula is C21H23N3O3. The van der Waals surface area contributed by atoms with E-state index in [1.165, 1.54) is 10.3 Å². The molecule has 1 aliphatic heterocycles. The van der Waals surface area contributed by atoms with E-state index in [9.17, 15) is 9.59 Å². The Morgan fingerprint density at radius 1 is 1.04 bits per heavy atom. The molecule has 3 aromatic rings. The molecule has 0 amide bonds. The van der Waals surface area contributed by atoms with Crippen molar-refractivity contribution in [3.8, 4) is 0 Å². The molecule has 0 N–H and O–H groups in total. The number of ketones is 1. The van der Waals surface area contributed by atoms with E-state index in [-0.39, 0.29) is 5.78 Å². The summed E-state index contributed by atoms with van der Waals surface area (Å²) in [6, 6.07) is 15.6. The molecule has 1 fully saturated rings. The molecule has 140 valence electrons. The molecule has 0 unspecified atom stereocenters. The lowest BCUT2D eigenvalue weighted by molar-refractivity contribution is 0.0962. The molecule has 4 rings (SSSR count). The second-order valence-corrected chi connectivity index (χ2v) is 6.95. The zero-order valence-corrected chi connectivity index (χ0v) is 15.4. The third-order valence-electron chi connectivity index (χ3n) is 5.26. The van der Waals surface area contributed by atoms with Gasteiger partial charge in [0.25, 0.3) is 0 Å². The molecule has 0 saturated carbocycles. The van der Waals surface area contributed by atoms with Crippen LogP contribution in [0, 0.1) is 0 Å². The summed E-state index contributed by atoms with van der Waals surface area (Å²) in [6.45, 7) is 4.60. The molecule has 27 heavy (non-hydrogen) atoms. The summed E-state index contributed by atoms with van der Waals surface area (Å²) < 4.78 is 6.62. The van der Waals surface area contributed by atoms with E-state index in [0.29, 0.717) is 23.1 Å². The van der Waals surface area contributed by atoms with Crippen molar-refractivity contribution in [3.63, 3.8) is 0 Å². The van der Waals surface area contributed by atoms with Gasteiger partial charge in [0.1, 0.15) is 0 Å². The maximum absolute atomic E-state index is 12.5. The van der Waals surface area contributed by atoms with E-state index in [0.717, 1.165) is 32.7 Å². The molecule has 1 aromatic heterocycles. The number of piperazine rings is 1. The van der Waals surface area contributed by atoms with Gasteiger partial charge in [-0.3, -0.25) is 14.3 Å². The number of hydrogen-bond acceptors (Lipinski definition) is 5. The highest BCUT2D eigenvalue weighted by Gasteiger charge is 2.18. The van der Waals surface area contributed by atoms with Gasteiger partial charge in [0.05, 0.1) is 5.52 Å². The lowest BCUT2D eigenvalue weighted by Crippen LogP contribution is -2.46. The van der Waals surface area contributed by atoms with Crippen molar-refractivity contribution in [1.29, 1.82) is 0 Å². The fourth-order valence-corrected chi connectivity index (χ4v) is 3.58. The molecule has 1 saturated heterocycles. The monoisotopic (exact) mass is 365 g/mol. The Hall–Kier alpha value is -2.86. The maximum Gasteiger partial charge on any atom is 0.419 e. The van der Waals surface area contributed by atoms with Gasteiger partial charge >= 0.3 is 5.76 Å². The van der Waals surface area contributed by atoms with Gasteiger partial charge in [-0.05, 0) is 30.3 Å². The number of Topliss-reactive ketones (excluding diaryl/α,β-unsaturated/α-hetero) is 1. The lowest BCUT2D eigenvalue weighted by Gasteiger charge is -2.36. The third-order valence-corrected chi connectivity index (χ3v) is 5.26. The summed E-state index contributed by atoms with van der Waals surface area (Å²) in [5.41, 5.74) is 3.02. The van der Waals surface area contributed by atoms with Gasteiger partial charge in [0.15, 0.2) is 11.4 Å². The van der Waals surface area contributed by atoms with Gasteiger partial charge in [-0.15, -0.1) is 0 Å². The van der Waals surface area contributed by atoms with Gasteiger partial charge in [0.2, 0.25) is 0 Å². The Kier molecular flexibility index (Phi) is 4.81. The van der Waals surface area contributed by atoms with Crippen LogP contribution in [0.15, 0.2) is 57.7 Å². The van der Waals surface area contributed by atoms with Gasteiger partial charge in [-0.25, -0.2) is 4.79 Å². The summed E-state index contributed by atoms with van der Waals surface area (Å²) in [5.74, 6) is -0.334. The van der Waals surface area contributed by atoms with Crippen molar-refractivity contribution >= 4 is 22.6 Å². The van der Waals surface area contributed by atoms with Gasteiger partial charge < -0.3 is 9.32 Å². The average molecular weight is 365 g/mol. The van der Waals surface area contributed by atoms with E-state index in [1.54, 1.807) is 25.2 Å². The first-order valence-electron chi connectivity index (χ1n) is 9.27. The van der Waals surface area contributed by atoms with Crippen molar-refractivity contribution in [2.24, 2.45) is 7.05 Å². The molecule has 2 heterocycles. The van der Waals surface area contributed by atoms with E-state index >= 15 is 0 Å². The zero-order valence-electron chi connectivity index (χ0n) is 15.4. The van der Waals surface area contributed by atoms with Crippen molar-refractivity contribution in [1.82, 2.24) is 9.47 Å². The number of rotatable bonds is 5. The summed E-state index contributed by atoms with van der Waals surface area (Å²) in [7, 11) is 1.66. The number of hydrogen-bond donors (Lipinski definition) is 0. The minimum atomic E-state index is -0.411. The van der Waals surface area contributed by atoms with Crippen molar-refractivity contribution in [3.05, 3.63) is 64.6 Å². The first-order valence-corrected chi connectivity index (χ1v) is 9.27. The van der Waals surface area contributed by atoms with Crippen LogP contribution in [-0.4, -0.2) is 48.0 Å². The molecule has 0 radical (unpaired) electrons. The van der Waals surface area contributed by atoms with E-state index in [4.69, 9.17) is 4.42 Å². The summed E-state index contributed by atoms with van der Waals surface area (Å²) in [4.78, 5) is 28.8. The second kappa shape index (κ2) is 7.40. The van der Waals surface area contributed by atoms with Gasteiger partial charge in [0, 0.05) is 57.4 Å². The Morgan fingerprint density at radius 2 is 1.78 bits per heavy atom. The number of aromatic nitrogens is 1. The molecule has 6 heteroatoms. The van der Waals surface area contributed by atoms with E-state index < -0.39 is 5.76 Å². The Morgan fingerprint density at radius 3 is 2.52 bits per heavy atom. The van der Waals surface area contributed by atoms with Crippen molar-refractivity contribution in [2.75, 3.05) is 37.6 Å². The molecule has 0 spiro atoms. The minimum absolute atomic E-state index is 0.0777. The van der Waals surface area contributed by atoms with Crippen LogP contribution in [0.25, 0.3) is 11.1 Å². The van der Waals surface area contributed by atoms with E-state index in [1.807, 2.05) is 6.07 Å². The highest BCUT2D eigenvalue weighted by molar-refractivity contribution is 5.98. The van der Waals surface area contributed by atoms with Crippen LogP contribution in [-0.2, 0) is 7.05 Å². The normalized spacial score (nSPS) is 15.4. The van der Waals surface area contributed by atoms with Crippen LogP contribution in [0.4, 0.5) is 5.69 Å². The van der Waals surface area contributed by atoms with Crippen LogP contribution in [0.2, 0.25) is 0 Å².